The number of ether oxygens (including phenoxy) is 3. The number of nitrogens with two attached hydrogens (primary N) is 1. The van der Waals surface area contributed by atoms with Crippen LogP contribution in [-0.2, 0) is 0 Å². The standard InChI is InChI=1S/C14H23NO4/c1-8(2)12(16)11(15)9-6-7-10(17-3)14(19-5)13(9)18-4/h6-8,11-12,16H,15H2,1-5H3/t11-,12+/m1/s1. The highest BCUT2D eigenvalue weighted by atomic mass is 16.5. The number of aliphatic hydroxyl groups is 1. The van der Waals surface area contributed by atoms with E-state index in [4.69, 9.17) is 19.9 Å². The molecule has 0 aliphatic heterocycles. The number of methoxy groups -OCH3 is 3. The summed E-state index contributed by atoms with van der Waals surface area (Å²) in [5, 5.41) is 10.1. The highest BCUT2D eigenvalue weighted by Gasteiger charge is 2.26. The highest BCUT2D eigenvalue weighted by Crippen LogP contribution is 2.42. The van der Waals surface area contributed by atoms with Crippen LogP contribution < -0.4 is 19.9 Å². The highest BCUT2D eigenvalue weighted by molar-refractivity contribution is 5.56. The van der Waals surface area contributed by atoms with E-state index in [2.05, 4.69) is 0 Å². The van der Waals surface area contributed by atoms with E-state index < -0.39 is 12.1 Å². The zero-order chi connectivity index (χ0) is 14.6. The van der Waals surface area contributed by atoms with Crippen LogP contribution in [-0.4, -0.2) is 32.5 Å². The summed E-state index contributed by atoms with van der Waals surface area (Å²) in [4.78, 5) is 0. The Bertz CT molecular complexity index is 420. The Morgan fingerprint density at radius 3 is 2.00 bits per heavy atom. The Morgan fingerprint density at radius 2 is 1.58 bits per heavy atom. The number of aliphatic hydroxyl groups excluding tert-OH is 1. The van der Waals surface area contributed by atoms with Gasteiger partial charge in [-0.3, -0.25) is 0 Å². The molecule has 0 saturated carbocycles. The maximum Gasteiger partial charge on any atom is 0.203 e. The SMILES string of the molecule is COc1ccc([C@@H](N)[C@@H](O)C(C)C)c(OC)c1OC. The van der Waals surface area contributed by atoms with E-state index in [-0.39, 0.29) is 5.92 Å². The van der Waals surface area contributed by atoms with Crippen molar-refractivity contribution in [1.82, 2.24) is 0 Å². The van der Waals surface area contributed by atoms with E-state index >= 15 is 0 Å². The lowest BCUT2D eigenvalue weighted by Gasteiger charge is -2.25. The minimum Gasteiger partial charge on any atom is -0.493 e. The third kappa shape index (κ3) is 3.11. The molecule has 0 amide bonds. The maximum atomic E-state index is 10.1. The van der Waals surface area contributed by atoms with Gasteiger partial charge in [0.25, 0.3) is 0 Å². The van der Waals surface area contributed by atoms with Crippen molar-refractivity contribution >= 4 is 0 Å². The Labute approximate surface area is 114 Å². The molecule has 108 valence electrons. The predicted molar refractivity (Wildman–Crippen MR) is 73.9 cm³/mol. The third-order valence-corrected chi connectivity index (χ3v) is 3.14. The number of hydrogen-bond acceptors (Lipinski definition) is 5. The summed E-state index contributed by atoms with van der Waals surface area (Å²) in [5.74, 6) is 1.59. The van der Waals surface area contributed by atoms with Crippen LogP contribution in [0.4, 0.5) is 0 Å². The summed E-state index contributed by atoms with van der Waals surface area (Å²) < 4.78 is 15.9. The van der Waals surface area contributed by atoms with Crippen LogP contribution in [0.3, 0.4) is 0 Å². The zero-order valence-corrected chi connectivity index (χ0v) is 12.1. The van der Waals surface area contributed by atoms with Gasteiger partial charge >= 0.3 is 0 Å². The lowest BCUT2D eigenvalue weighted by atomic mass is 9.93. The molecule has 2 atom stereocenters. The van der Waals surface area contributed by atoms with Gasteiger partial charge in [-0.05, 0) is 18.1 Å². The number of rotatable bonds is 6. The molecule has 1 rings (SSSR count). The predicted octanol–water partition coefficient (Wildman–Crippen LogP) is 1.73. The van der Waals surface area contributed by atoms with Crippen LogP contribution in [0.5, 0.6) is 17.2 Å². The fourth-order valence-corrected chi connectivity index (χ4v) is 1.99. The van der Waals surface area contributed by atoms with Crippen molar-refractivity contribution in [3.8, 4) is 17.2 Å². The smallest absolute Gasteiger partial charge is 0.203 e. The number of benzene rings is 1. The lowest BCUT2D eigenvalue weighted by Crippen LogP contribution is -2.30. The molecule has 0 aliphatic carbocycles. The van der Waals surface area contributed by atoms with Gasteiger partial charge in [-0.2, -0.15) is 0 Å². The molecule has 0 bridgehead atoms. The molecule has 1 aromatic rings. The fourth-order valence-electron chi connectivity index (χ4n) is 1.99. The van der Waals surface area contributed by atoms with Crippen LogP contribution in [0.25, 0.3) is 0 Å². The first-order valence-corrected chi connectivity index (χ1v) is 6.20. The normalized spacial score (nSPS) is 14.1. The Kier molecular flexibility index (Phi) is 5.44. The van der Waals surface area contributed by atoms with Gasteiger partial charge in [0.1, 0.15) is 0 Å². The van der Waals surface area contributed by atoms with Crippen molar-refractivity contribution in [1.29, 1.82) is 0 Å². The summed E-state index contributed by atoms with van der Waals surface area (Å²) in [6, 6.07) is 3.00. The van der Waals surface area contributed by atoms with Crippen LogP contribution in [0.1, 0.15) is 25.5 Å². The Hall–Kier alpha value is -1.46. The molecule has 19 heavy (non-hydrogen) atoms. The van der Waals surface area contributed by atoms with Gasteiger partial charge in [-0.15, -0.1) is 0 Å². The second-order valence-corrected chi connectivity index (χ2v) is 4.68. The van der Waals surface area contributed by atoms with Gasteiger partial charge in [0.2, 0.25) is 5.75 Å². The van der Waals surface area contributed by atoms with Crippen LogP contribution in [0, 0.1) is 5.92 Å². The van der Waals surface area contributed by atoms with Crippen molar-refractivity contribution in [2.75, 3.05) is 21.3 Å². The van der Waals surface area contributed by atoms with Gasteiger partial charge < -0.3 is 25.1 Å². The molecule has 5 nitrogen and oxygen atoms in total. The van der Waals surface area contributed by atoms with Gasteiger partial charge in [-0.25, -0.2) is 0 Å². The lowest BCUT2D eigenvalue weighted by molar-refractivity contribution is 0.0967. The van der Waals surface area contributed by atoms with E-state index in [1.165, 1.54) is 14.2 Å². The molecule has 0 fully saturated rings. The molecule has 0 unspecified atom stereocenters. The van der Waals surface area contributed by atoms with Gasteiger partial charge in [0, 0.05) is 5.56 Å². The molecule has 0 heterocycles. The van der Waals surface area contributed by atoms with Gasteiger partial charge in [0.05, 0.1) is 33.5 Å². The average Bonchev–Trinajstić information content (AvgIpc) is 2.43. The number of hydrogen-bond donors (Lipinski definition) is 2. The average molecular weight is 269 g/mol. The van der Waals surface area contributed by atoms with Crippen LogP contribution >= 0.6 is 0 Å². The minimum absolute atomic E-state index is 0.0489. The Balaban J connectivity index is 3.28. The van der Waals surface area contributed by atoms with Crippen LogP contribution in [0.2, 0.25) is 0 Å². The maximum absolute atomic E-state index is 10.1. The molecule has 0 spiro atoms. The van der Waals surface area contributed by atoms with Crippen molar-refractivity contribution in [2.45, 2.75) is 26.0 Å². The van der Waals surface area contributed by atoms with Gasteiger partial charge in [-0.1, -0.05) is 13.8 Å². The molecular formula is C14H23NO4. The zero-order valence-electron chi connectivity index (χ0n) is 12.1. The summed E-state index contributed by atoms with van der Waals surface area (Å²) in [6.07, 6.45) is -0.660. The molecule has 1 aromatic carbocycles. The summed E-state index contributed by atoms with van der Waals surface area (Å²) in [6.45, 7) is 3.83. The molecule has 0 aromatic heterocycles. The van der Waals surface area contributed by atoms with E-state index in [9.17, 15) is 5.11 Å². The van der Waals surface area contributed by atoms with E-state index in [1.807, 2.05) is 13.8 Å². The summed E-state index contributed by atoms with van der Waals surface area (Å²) >= 11 is 0. The summed E-state index contributed by atoms with van der Waals surface area (Å²) in [7, 11) is 4.63. The first-order chi connectivity index (χ1) is 8.97. The first-order valence-electron chi connectivity index (χ1n) is 6.20. The molecule has 0 saturated heterocycles. The fraction of sp³-hybridized carbons (Fsp3) is 0.571. The van der Waals surface area contributed by atoms with Crippen molar-refractivity contribution in [2.24, 2.45) is 11.7 Å². The van der Waals surface area contributed by atoms with Crippen LogP contribution in [0.15, 0.2) is 12.1 Å². The van der Waals surface area contributed by atoms with E-state index in [0.29, 0.717) is 22.8 Å². The third-order valence-electron chi connectivity index (χ3n) is 3.14. The van der Waals surface area contributed by atoms with E-state index in [0.717, 1.165) is 0 Å². The monoisotopic (exact) mass is 269 g/mol. The van der Waals surface area contributed by atoms with Gasteiger partial charge in [0.15, 0.2) is 11.5 Å². The Morgan fingerprint density at radius 1 is 1.00 bits per heavy atom. The first kappa shape index (κ1) is 15.6. The quantitative estimate of drug-likeness (QED) is 0.822. The molecule has 0 radical (unpaired) electrons. The molecule has 3 N–H and O–H groups in total. The second kappa shape index (κ2) is 6.63. The van der Waals surface area contributed by atoms with E-state index in [1.54, 1.807) is 19.2 Å². The van der Waals surface area contributed by atoms with Crippen molar-refractivity contribution in [3.63, 3.8) is 0 Å². The second-order valence-electron chi connectivity index (χ2n) is 4.68. The molecular weight excluding hydrogens is 246 g/mol. The summed E-state index contributed by atoms with van der Waals surface area (Å²) in [5.41, 5.74) is 6.80. The molecule has 0 aliphatic rings. The molecule has 5 heteroatoms. The van der Waals surface area contributed by atoms with Crippen molar-refractivity contribution < 1.29 is 19.3 Å². The van der Waals surface area contributed by atoms with Crippen molar-refractivity contribution in [3.05, 3.63) is 17.7 Å². The largest absolute Gasteiger partial charge is 0.493 e. The minimum atomic E-state index is -0.660. The topological polar surface area (TPSA) is 73.9 Å².